The zero-order valence-corrected chi connectivity index (χ0v) is 6.59. The number of nitrogens with one attached hydrogen (secondary N) is 1. The summed E-state index contributed by atoms with van der Waals surface area (Å²) in [6.07, 6.45) is 3.47. The van der Waals surface area contributed by atoms with Gasteiger partial charge in [-0.05, 0) is 19.9 Å². The van der Waals surface area contributed by atoms with E-state index in [1.165, 1.54) is 0 Å². The highest BCUT2D eigenvalue weighted by molar-refractivity contribution is 5.59. The van der Waals surface area contributed by atoms with Gasteiger partial charge in [0.2, 0.25) is 0 Å². The fraction of sp³-hybridized carbons (Fsp3) is 0.375. The molecule has 0 spiro atoms. The maximum Gasteiger partial charge on any atom is 0.175 e. The first-order valence-electron chi connectivity index (χ1n) is 3.59. The molecule has 1 aliphatic rings. The molecule has 0 aliphatic carbocycles. The van der Waals surface area contributed by atoms with Gasteiger partial charge in [-0.1, -0.05) is 0 Å². The molecule has 0 atom stereocenters. The molecule has 58 valence electrons. The Morgan fingerprint density at radius 1 is 1.55 bits per heavy atom. The van der Waals surface area contributed by atoms with Crippen LogP contribution < -0.4 is 10.1 Å². The zero-order chi connectivity index (χ0) is 7.90. The molecule has 1 aliphatic heterocycles. The monoisotopic (exact) mass is 150 g/mol. The average molecular weight is 150 g/mol. The summed E-state index contributed by atoms with van der Waals surface area (Å²) in [7, 11) is 0. The highest BCUT2D eigenvalue weighted by Gasteiger charge is 2.28. The highest BCUT2D eigenvalue weighted by atomic mass is 16.5. The summed E-state index contributed by atoms with van der Waals surface area (Å²) in [6.45, 7) is 3.96. The summed E-state index contributed by atoms with van der Waals surface area (Å²) in [4.78, 5) is 3.96. The molecule has 3 heteroatoms. The lowest BCUT2D eigenvalue weighted by Crippen LogP contribution is -2.31. The second kappa shape index (κ2) is 1.87. The largest absolute Gasteiger partial charge is 0.465 e. The van der Waals surface area contributed by atoms with Crippen molar-refractivity contribution in [2.24, 2.45) is 0 Å². The van der Waals surface area contributed by atoms with Crippen molar-refractivity contribution in [3.8, 4) is 5.75 Å². The van der Waals surface area contributed by atoms with Crippen molar-refractivity contribution in [3.05, 3.63) is 18.5 Å². The molecule has 0 saturated carbocycles. The quantitative estimate of drug-likeness (QED) is 0.610. The van der Waals surface area contributed by atoms with Crippen LogP contribution in [0.2, 0.25) is 0 Å². The van der Waals surface area contributed by atoms with E-state index < -0.39 is 0 Å². The molecule has 2 rings (SSSR count). The summed E-state index contributed by atoms with van der Waals surface area (Å²) in [5.74, 6) is 0.831. The maximum atomic E-state index is 5.52. The van der Waals surface area contributed by atoms with Crippen LogP contribution in [0.5, 0.6) is 5.75 Å². The van der Waals surface area contributed by atoms with Gasteiger partial charge in [0.1, 0.15) is 0 Å². The predicted octanol–water partition coefficient (Wildman–Crippen LogP) is 1.62. The molecule has 3 nitrogen and oxygen atoms in total. The number of hydrogen-bond acceptors (Lipinski definition) is 3. The Bertz CT molecular complexity index is 256. The van der Waals surface area contributed by atoms with Crippen molar-refractivity contribution >= 4 is 5.69 Å². The van der Waals surface area contributed by atoms with Crippen molar-refractivity contribution in [1.29, 1.82) is 0 Å². The number of nitrogens with zero attached hydrogens (tertiary/aromatic N) is 1. The number of hydrogen-bond donors (Lipinski definition) is 1. The van der Waals surface area contributed by atoms with Crippen LogP contribution in [0.4, 0.5) is 5.69 Å². The first-order chi connectivity index (χ1) is 5.17. The van der Waals surface area contributed by atoms with Gasteiger partial charge in [0.25, 0.3) is 0 Å². The van der Waals surface area contributed by atoms with Crippen molar-refractivity contribution in [2.75, 3.05) is 5.32 Å². The molecule has 0 amide bonds. The Morgan fingerprint density at radius 2 is 2.36 bits per heavy atom. The zero-order valence-electron chi connectivity index (χ0n) is 6.59. The molecule has 0 aromatic carbocycles. The van der Waals surface area contributed by atoms with Crippen LogP contribution in [0.3, 0.4) is 0 Å². The number of ether oxygens (including phenoxy) is 1. The Balaban J connectivity index is 2.41. The molecule has 0 bridgehead atoms. The van der Waals surface area contributed by atoms with Gasteiger partial charge in [0.05, 0.1) is 11.9 Å². The van der Waals surface area contributed by atoms with E-state index >= 15 is 0 Å². The summed E-state index contributed by atoms with van der Waals surface area (Å²) >= 11 is 0. The van der Waals surface area contributed by atoms with Crippen molar-refractivity contribution in [2.45, 2.75) is 19.6 Å². The molecule has 0 saturated heterocycles. The average Bonchev–Trinajstić information content (AvgIpc) is 2.21. The van der Waals surface area contributed by atoms with Gasteiger partial charge in [-0.25, -0.2) is 0 Å². The molecule has 1 aromatic rings. The lowest BCUT2D eigenvalue weighted by atomic mass is 10.3. The topological polar surface area (TPSA) is 34.2 Å². The lowest BCUT2D eigenvalue weighted by molar-refractivity contribution is 0.161. The molecule has 11 heavy (non-hydrogen) atoms. The number of pyridine rings is 1. The normalized spacial score (nSPS) is 18.4. The summed E-state index contributed by atoms with van der Waals surface area (Å²) in [5, 5.41) is 3.21. The first kappa shape index (κ1) is 6.46. The van der Waals surface area contributed by atoms with Crippen molar-refractivity contribution in [3.63, 3.8) is 0 Å². The summed E-state index contributed by atoms with van der Waals surface area (Å²) in [6, 6.07) is 1.91. The SMILES string of the molecule is CC1(C)Nc2ccncc2O1. The molecule has 0 unspecified atom stereocenters. The minimum Gasteiger partial charge on any atom is -0.465 e. The van der Waals surface area contributed by atoms with Crippen molar-refractivity contribution in [1.82, 2.24) is 4.98 Å². The molecular weight excluding hydrogens is 140 g/mol. The van der Waals surface area contributed by atoms with Crippen molar-refractivity contribution < 1.29 is 4.74 Å². The Hall–Kier alpha value is -1.25. The Kier molecular flexibility index (Phi) is 1.10. The van der Waals surface area contributed by atoms with E-state index in [2.05, 4.69) is 10.3 Å². The smallest absolute Gasteiger partial charge is 0.175 e. The fourth-order valence-corrected chi connectivity index (χ4v) is 1.19. The van der Waals surface area contributed by atoms with Gasteiger partial charge in [-0.3, -0.25) is 4.98 Å². The second-order valence-electron chi connectivity index (χ2n) is 3.11. The van der Waals surface area contributed by atoms with Crippen LogP contribution in [0.25, 0.3) is 0 Å². The third-order valence-corrected chi connectivity index (χ3v) is 1.59. The third kappa shape index (κ3) is 1.02. The number of rotatable bonds is 0. The summed E-state index contributed by atoms with van der Waals surface area (Å²) < 4.78 is 5.52. The van der Waals surface area contributed by atoms with Crippen LogP contribution in [0.1, 0.15) is 13.8 Å². The van der Waals surface area contributed by atoms with E-state index in [-0.39, 0.29) is 5.72 Å². The predicted molar refractivity (Wildman–Crippen MR) is 42.6 cm³/mol. The van der Waals surface area contributed by atoms with E-state index in [4.69, 9.17) is 4.74 Å². The lowest BCUT2D eigenvalue weighted by Gasteiger charge is -2.17. The van der Waals surface area contributed by atoms with Crippen LogP contribution in [-0.4, -0.2) is 10.7 Å². The van der Waals surface area contributed by atoms with Gasteiger partial charge in [0, 0.05) is 6.20 Å². The number of anilines is 1. The molecule has 0 fully saturated rings. The van der Waals surface area contributed by atoms with Crippen LogP contribution >= 0.6 is 0 Å². The van der Waals surface area contributed by atoms with Crippen LogP contribution in [-0.2, 0) is 0 Å². The van der Waals surface area contributed by atoms with E-state index in [1.54, 1.807) is 12.4 Å². The second-order valence-corrected chi connectivity index (χ2v) is 3.11. The minimum absolute atomic E-state index is 0.286. The minimum atomic E-state index is -0.286. The molecule has 0 radical (unpaired) electrons. The van der Waals surface area contributed by atoms with Gasteiger partial charge < -0.3 is 10.1 Å². The molecule has 1 aromatic heterocycles. The van der Waals surface area contributed by atoms with Gasteiger partial charge in [0.15, 0.2) is 11.5 Å². The molecule has 1 N–H and O–H groups in total. The third-order valence-electron chi connectivity index (χ3n) is 1.59. The van der Waals surface area contributed by atoms with Crippen LogP contribution in [0.15, 0.2) is 18.5 Å². The number of fused-ring (bicyclic) bond motifs is 1. The van der Waals surface area contributed by atoms with E-state index in [0.717, 1.165) is 11.4 Å². The Morgan fingerprint density at radius 3 is 3.09 bits per heavy atom. The van der Waals surface area contributed by atoms with Gasteiger partial charge in [-0.15, -0.1) is 0 Å². The standard InChI is InChI=1S/C8H10N2O/c1-8(2)10-6-3-4-9-5-7(6)11-8/h3-5,10H,1-2H3. The summed E-state index contributed by atoms with van der Waals surface area (Å²) in [5.41, 5.74) is 0.732. The van der Waals surface area contributed by atoms with E-state index in [0.29, 0.717) is 0 Å². The maximum absolute atomic E-state index is 5.52. The molecular formula is C8H10N2O. The first-order valence-corrected chi connectivity index (χ1v) is 3.59. The Labute approximate surface area is 65.4 Å². The van der Waals surface area contributed by atoms with Crippen LogP contribution in [0, 0.1) is 0 Å². The molecule has 2 heterocycles. The van der Waals surface area contributed by atoms with Gasteiger partial charge >= 0.3 is 0 Å². The van der Waals surface area contributed by atoms with E-state index in [1.807, 2.05) is 19.9 Å². The van der Waals surface area contributed by atoms with E-state index in [9.17, 15) is 0 Å². The number of aromatic nitrogens is 1. The fourth-order valence-electron chi connectivity index (χ4n) is 1.19. The highest BCUT2D eigenvalue weighted by Crippen LogP contribution is 2.34. The van der Waals surface area contributed by atoms with Gasteiger partial charge in [-0.2, -0.15) is 0 Å².